The molecule has 0 rings (SSSR count). The summed E-state index contributed by atoms with van der Waals surface area (Å²) in [7, 11) is 0. The lowest BCUT2D eigenvalue weighted by Crippen LogP contribution is -2.16. The molecule has 0 aromatic carbocycles. The maximum Gasteiger partial charge on any atom is 0.313 e. The standard InChI is InChI=1S/C40H71NO5/c1-3-5-7-9-11-13-15-17-19-21-23-25-27-29-31-33-38(42)45-37(41)35-36-40(44)46-39(43)34-32-30-28-26-24-22-20-18-16-14-12-10-8-6-4-2/h17-20,41H,3-16,21-36H2,1-2H3/b19-17-,20-18-,41-37?. The van der Waals surface area contributed by atoms with Crippen LogP contribution >= 0.6 is 0 Å². The Bertz CT molecular complexity index is 737. The van der Waals surface area contributed by atoms with Crippen molar-refractivity contribution in [2.45, 2.75) is 206 Å². The van der Waals surface area contributed by atoms with Crippen molar-refractivity contribution < 1.29 is 23.9 Å². The van der Waals surface area contributed by atoms with Crippen LogP contribution in [-0.4, -0.2) is 23.8 Å². The Hall–Kier alpha value is -2.24. The van der Waals surface area contributed by atoms with Gasteiger partial charge in [-0.2, -0.15) is 0 Å². The van der Waals surface area contributed by atoms with E-state index >= 15 is 0 Å². The van der Waals surface area contributed by atoms with Gasteiger partial charge in [0.1, 0.15) is 0 Å². The lowest BCUT2D eigenvalue weighted by Gasteiger charge is -2.06. The van der Waals surface area contributed by atoms with Gasteiger partial charge in [0, 0.05) is 19.3 Å². The van der Waals surface area contributed by atoms with Crippen LogP contribution in [0.25, 0.3) is 0 Å². The van der Waals surface area contributed by atoms with E-state index in [9.17, 15) is 14.4 Å². The number of carbonyl (C=O) groups is 3. The zero-order chi connectivity index (χ0) is 33.8. The molecule has 0 aliphatic carbocycles. The van der Waals surface area contributed by atoms with Crippen LogP contribution in [0.2, 0.25) is 0 Å². The first-order chi connectivity index (χ1) is 22.5. The first kappa shape index (κ1) is 43.8. The highest BCUT2D eigenvalue weighted by Gasteiger charge is 2.13. The molecule has 0 unspecified atom stereocenters. The van der Waals surface area contributed by atoms with E-state index in [0.717, 1.165) is 57.8 Å². The minimum absolute atomic E-state index is 0.0440. The topological polar surface area (TPSA) is 93.5 Å². The van der Waals surface area contributed by atoms with Crippen LogP contribution in [0.15, 0.2) is 24.3 Å². The number of unbranched alkanes of at least 4 members (excludes halogenated alkanes) is 22. The van der Waals surface area contributed by atoms with Crippen LogP contribution < -0.4 is 0 Å². The van der Waals surface area contributed by atoms with Gasteiger partial charge in [-0.05, 0) is 64.2 Å². The Morgan fingerprint density at radius 3 is 1.09 bits per heavy atom. The fourth-order valence-electron chi connectivity index (χ4n) is 5.36. The Labute approximate surface area is 283 Å². The summed E-state index contributed by atoms with van der Waals surface area (Å²) in [6.45, 7) is 4.50. The maximum atomic E-state index is 12.0. The zero-order valence-electron chi connectivity index (χ0n) is 30.1. The van der Waals surface area contributed by atoms with E-state index in [1.165, 1.54) is 103 Å². The second kappa shape index (κ2) is 35.6. The summed E-state index contributed by atoms with van der Waals surface area (Å²) in [5.41, 5.74) is 0. The molecule has 266 valence electrons. The Morgan fingerprint density at radius 1 is 0.391 bits per heavy atom. The maximum absolute atomic E-state index is 12.0. The van der Waals surface area contributed by atoms with Crippen molar-refractivity contribution in [3.8, 4) is 0 Å². The molecule has 0 aliphatic heterocycles. The second-order valence-electron chi connectivity index (χ2n) is 12.9. The van der Waals surface area contributed by atoms with Crippen molar-refractivity contribution >= 4 is 23.8 Å². The Kier molecular flexibility index (Phi) is 33.9. The van der Waals surface area contributed by atoms with E-state index in [2.05, 4.69) is 38.2 Å². The molecule has 0 heterocycles. The van der Waals surface area contributed by atoms with Crippen molar-refractivity contribution in [2.75, 3.05) is 0 Å². The Balaban J connectivity index is 3.57. The molecular weight excluding hydrogens is 574 g/mol. The van der Waals surface area contributed by atoms with Gasteiger partial charge in [0.15, 0.2) is 5.90 Å². The van der Waals surface area contributed by atoms with Gasteiger partial charge in [0.2, 0.25) is 0 Å². The largest absolute Gasteiger partial charge is 0.412 e. The predicted octanol–water partition coefficient (Wildman–Crippen LogP) is 12.4. The Morgan fingerprint density at radius 2 is 0.696 bits per heavy atom. The van der Waals surface area contributed by atoms with E-state index in [0.29, 0.717) is 6.42 Å². The molecule has 1 N–H and O–H groups in total. The summed E-state index contributed by atoms with van der Waals surface area (Å²) in [4.78, 5) is 35.9. The molecule has 0 saturated carbocycles. The number of carbonyl (C=O) groups excluding carboxylic acids is 3. The number of esters is 3. The third-order valence-electron chi connectivity index (χ3n) is 8.31. The fraction of sp³-hybridized carbons (Fsp3) is 0.800. The molecule has 46 heavy (non-hydrogen) atoms. The van der Waals surface area contributed by atoms with Gasteiger partial charge < -0.3 is 9.47 Å². The third-order valence-corrected chi connectivity index (χ3v) is 8.31. The molecule has 6 heteroatoms. The number of nitrogens with one attached hydrogen (secondary N) is 1. The summed E-state index contributed by atoms with van der Waals surface area (Å²) in [6.07, 6.45) is 40.5. The van der Waals surface area contributed by atoms with Gasteiger partial charge in [0.25, 0.3) is 0 Å². The van der Waals surface area contributed by atoms with E-state index < -0.39 is 17.9 Å². The zero-order valence-corrected chi connectivity index (χ0v) is 30.1. The second-order valence-corrected chi connectivity index (χ2v) is 12.9. The van der Waals surface area contributed by atoms with Crippen LogP contribution in [0.1, 0.15) is 206 Å². The molecular formula is C40H71NO5. The highest BCUT2D eigenvalue weighted by Crippen LogP contribution is 2.12. The normalized spacial score (nSPS) is 11.4. The number of ether oxygens (including phenoxy) is 2. The molecule has 0 aromatic heterocycles. The molecule has 6 nitrogen and oxygen atoms in total. The van der Waals surface area contributed by atoms with Crippen molar-refractivity contribution in [2.24, 2.45) is 0 Å². The molecule has 0 aliphatic rings. The highest BCUT2D eigenvalue weighted by molar-refractivity contribution is 5.90. The van der Waals surface area contributed by atoms with Crippen molar-refractivity contribution in [3.05, 3.63) is 24.3 Å². The van der Waals surface area contributed by atoms with Crippen LogP contribution in [0, 0.1) is 5.41 Å². The molecule has 0 fully saturated rings. The van der Waals surface area contributed by atoms with Crippen molar-refractivity contribution in [3.63, 3.8) is 0 Å². The first-order valence-electron chi connectivity index (χ1n) is 19.3. The molecule has 0 saturated heterocycles. The molecule has 0 radical (unpaired) electrons. The average molecular weight is 646 g/mol. The van der Waals surface area contributed by atoms with E-state index in [4.69, 9.17) is 14.9 Å². The molecule has 0 amide bonds. The summed E-state index contributed by atoms with van der Waals surface area (Å²) in [6, 6.07) is 0. The number of hydrogen-bond acceptors (Lipinski definition) is 6. The third kappa shape index (κ3) is 34.6. The smallest absolute Gasteiger partial charge is 0.313 e. The molecule has 0 bridgehead atoms. The summed E-state index contributed by atoms with van der Waals surface area (Å²) >= 11 is 0. The number of allylic oxidation sites excluding steroid dienone is 4. The van der Waals surface area contributed by atoms with Gasteiger partial charge in [-0.25, -0.2) is 0 Å². The van der Waals surface area contributed by atoms with Crippen LogP contribution in [0.4, 0.5) is 0 Å². The minimum atomic E-state index is -0.671. The molecule has 0 aromatic rings. The first-order valence-corrected chi connectivity index (χ1v) is 19.3. The average Bonchev–Trinajstić information content (AvgIpc) is 3.03. The fourth-order valence-corrected chi connectivity index (χ4v) is 5.36. The van der Waals surface area contributed by atoms with E-state index in [1.807, 2.05) is 0 Å². The van der Waals surface area contributed by atoms with Gasteiger partial charge in [0.05, 0.1) is 6.42 Å². The van der Waals surface area contributed by atoms with Crippen molar-refractivity contribution in [1.29, 1.82) is 5.41 Å². The lowest BCUT2D eigenvalue weighted by atomic mass is 10.1. The van der Waals surface area contributed by atoms with E-state index in [-0.39, 0.29) is 31.6 Å². The van der Waals surface area contributed by atoms with E-state index in [1.54, 1.807) is 0 Å². The van der Waals surface area contributed by atoms with Gasteiger partial charge >= 0.3 is 17.9 Å². The van der Waals surface area contributed by atoms with Gasteiger partial charge in [-0.3, -0.25) is 19.8 Å². The number of hydrogen-bond donors (Lipinski definition) is 1. The predicted molar refractivity (Wildman–Crippen MR) is 193 cm³/mol. The van der Waals surface area contributed by atoms with Gasteiger partial charge in [-0.15, -0.1) is 0 Å². The summed E-state index contributed by atoms with van der Waals surface area (Å²) in [5, 5.41) is 7.81. The summed E-state index contributed by atoms with van der Waals surface area (Å²) in [5.74, 6) is -1.87. The van der Waals surface area contributed by atoms with Crippen LogP contribution in [-0.2, 0) is 23.9 Å². The van der Waals surface area contributed by atoms with Gasteiger partial charge in [-0.1, -0.05) is 141 Å². The lowest BCUT2D eigenvalue weighted by molar-refractivity contribution is -0.159. The minimum Gasteiger partial charge on any atom is -0.412 e. The molecule has 0 atom stereocenters. The van der Waals surface area contributed by atoms with Crippen LogP contribution in [0.5, 0.6) is 0 Å². The van der Waals surface area contributed by atoms with Crippen molar-refractivity contribution in [1.82, 2.24) is 0 Å². The summed E-state index contributed by atoms with van der Waals surface area (Å²) < 4.78 is 9.88. The number of rotatable bonds is 33. The molecule has 0 spiro atoms. The van der Waals surface area contributed by atoms with Crippen LogP contribution in [0.3, 0.4) is 0 Å². The SMILES string of the molecule is CCCCCCCC/C=C\CCCCCCCC(=O)OC(=N)CCC(=O)OC(=O)CCCCCCC/C=C\CCCCCCCC. The quantitative estimate of drug-likeness (QED) is 0.0191. The monoisotopic (exact) mass is 646 g/mol. The highest BCUT2D eigenvalue weighted by atomic mass is 16.6.